The summed E-state index contributed by atoms with van der Waals surface area (Å²) in [5, 5.41) is 35.9. The molecule has 1 aliphatic heterocycles. The molecule has 12 heavy (non-hydrogen) atoms. The summed E-state index contributed by atoms with van der Waals surface area (Å²) in [5.74, 6) is 0. The minimum atomic E-state index is -1.25. The second kappa shape index (κ2) is 3.87. The highest BCUT2D eigenvalue weighted by molar-refractivity contribution is 6.20. The molecule has 4 N–H and O–H groups in total. The van der Waals surface area contributed by atoms with Crippen molar-refractivity contribution in [2.45, 2.75) is 30.0 Å². The van der Waals surface area contributed by atoms with Gasteiger partial charge in [-0.05, 0) is 0 Å². The average Bonchev–Trinajstić information content (AvgIpc) is 2.32. The molecule has 1 fully saturated rings. The second-order valence-electron chi connectivity index (χ2n) is 2.68. The molecule has 5 atom stereocenters. The highest BCUT2D eigenvalue weighted by Gasteiger charge is 2.44. The van der Waals surface area contributed by atoms with Crippen molar-refractivity contribution in [3.63, 3.8) is 0 Å². The molecule has 1 unspecified atom stereocenters. The lowest BCUT2D eigenvalue weighted by molar-refractivity contribution is -0.0720. The van der Waals surface area contributed by atoms with Crippen molar-refractivity contribution in [1.29, 1.82) is 0 Å². The van der Waals surface area contributed by atoms with Gasteiger partial charge >= 0.3 is 0 Å². The summed E-state index contributed by atoms with van der Waals surface area (Å²) in [6.45, 7) is -0.544. The van der Waals surface area contributed by atoms with E-state index in [1.54, 1.807) is 0 Å². The van der Waals surface area contributed by atoms with Crippen LogP contribution in [0.2, 0.25) is 0 Å². The van der Waals surface area contributed by atoms with Gasteiger partial charge in [0.25, 0.3) is 0 Å². The molecule has 0 amide bonds. The lowest BCUT2D eigenvalue weighted by Crippen LogP contribution is -2.40. The number of halogens is 1. The van der Waals surface area contributed by atoms with Gasteiger partial charge in [0.1, 0.15) is 24.4 Å². The van der Waals surface area contributed by atoms with Crippen molar-refractivity contribution in [2.24, 2.45) is 0 Å². The Morgan fingerprint density at radius 1 is 1.33 bits per heavy atom. The number of hydrogen-bond donors (Lipinski definition) is 4. The predicted molar refractivity (Wildman–Crippen MR) is 39.6 cm³/mol. The fourth-order valence-electron chi connectivity index (χ4n) is 1.08. The van der Waals surface area contributed by atoms with Gasteiger partial charge in [-0.25, -0.2) is 0 Å². The van der Waals surface area contributed by atoms with E-state index < -0.39 is 36.6 Å². The van der Waals surface area contributed by atoms with E-state index in [4.69, 9.17) is 31.7 Å². The van der Waals surface area contributed by atoms with Crippen molar-refractivity contribution in [3.8, 4) is 0 Å². The Hall–Kier alpha value is 0.0900. The third-order valence-corrected chi connectivity index (χ3v) is 2.17. The van der Waals surface area contributed by atoms with Gasteiger partial charge in [0.15, 0.2) is 5.56 Å². The molecule has 0 bridgehead atoms. The Balaban J connectivity index is 2.58. The van der Waals surface area contributed by atoms with Crippen molar-refractivity contribution >= 4 is 11.6 Å². The minimum absolute atomic E-state index is 0.544. The molecule has 72 valence electrons. The van der Waals surface area contributed by atoms with Crippen LogP contribution in [0.3, 0.4) is 0 Å². The molecule has 0 aromatic rings. The third-order valence-electron chi connectivity index (χ3n) is 1.81. The highest BCUT2D eigenvalue weighted by atomic mass is 35.5. The van der Waals surface area contributed by atoms with Crippen LogP contribution in [0.25, 0.3) is 0 Å². The molecule has 0 aromatic carbocycles. The molecule has 0 spiro atoms. The summed E-state index contributed by atoms with van der Waals surface area (Å²) in [6.07, 6.45) is -4.72. The standard InChI is InChI=1S/C6H11ClO5/c7-6-4(11)3(10)5(12-6)2(9)1-8/h2-6,8-11H,1H2/t2-,3+,4-,5+,6?/m1/s1. The predicted octanol–water partition coefficient (Wildman–Crippen LogP) is -1.97. The smallest absolute Gasteiger partial charge is 0.160 e. The lowest BCUT2D eigenvalue weighted by atomic mass is 10.1. The molecule has 5 nitrogen and oxygen atoms in total. The molecule has 0 saturated carbocycles. The van der Waals surface area contributed by atoms with Gasteiger partial charge in [0.05, 0.1) is 6.61 Å². The summed E-state index contributed by atoms with van der Waals surface area (Å²) >= 11 is 5.43. The largest absolute Gasteiger partial charge is 0.394 e. The Kier molecular flexibility index (Phi) is 3.28. The fraction of sp³-hybridized carbons (Fsp3) is 1.00. The Morgan fingerprint density at radius 2 is 1.92 bits per heavy atom. The number of ether oxygens (including phenoxy) is 1. The fourth-order valence-corrected chi connectivity index (χ4v) is 1.35. The van der Waals surface area contributed by atoms with Crippen LogP contribution in [-0.2, 0) is 4.74 Å². The normalized spacial score (nSPS) is 44.8. The number of aliphatic hydroxyl groups excluding tert-OH is 4. The average molecular weight is 199 g/mol. The van der Waals surface area contributed by atoms with Crippen molar-refractivity contribution < 1.29 is 25.2 Å². The molecule has 6 heteroatoms. The van der Waals surface area contributed by atoms with Crippen LogP contribution >= 0.6 is 11.6 Å². The first-order chi connectivity index (χ1) is 5.57. The maximum absolute atomic E-state index is 9.20. The Morgan fingerprint density at radius 3 is 2.25 bits per heavy atom. The van der Waals surface area contributed by atoms with Crippen LogP contribution in [0.1, 0.15) is 0 Å². The topological polar surface area (TPSA) is 90.2 Å². The van der Waals surface area contributed by atoms with E-state index >= 15 is 0 Å². The van der Waals surface area contributed by atoms with E-state index in [-0.39, 0.29) is 0 Å². The van der Waals surface area contributed by atoms with Gasteiger partial charge in [0, 0.05) is 0 Å². The quantitative estimate of drug-likeness (QED) is 0.387. The SMILES string of the molecule is OC[C@@H](O)[C@@H]1OC(Cl)[C@H](O)[C@@H]1O. The van der Waals surface area contributed by atoms with Gasteiger partial charge in [-0.2, -0.15) is 0 Å². The molecule has 0 radical (unpaired) electrons. The maximum Gasteiger partial charge on any atom is 0.160 e. The zero-order valence-electron chi connectivity index (χ0n) is 6.17. The summed E-state index contributed by atoms with van der Waals surface area (Å²) in [4.78, 5) is 0. The van der Waals surface area contributed by atoms with E-state index in [2.05, 4.69) is 0 Å². The van der Waals surface area contributed by atoms with E-state index in [1.165, 1.54) is 0 Å². The van der Waals surface area contributed by atoms with Crippen LogP contribution in [0.5, 0.6) is 0 Å². The molecular formula is C6H11ClO5. The lowest BCUT2D eigenvalue weighted by Gasteiger charge is -2.18. The van der Waals surface area contributed by atoms with E-state index in [9.17, 15) is 5.11 Å². The van der Waals surface area contributed by atoms with Gasteiger partial charge in [-0.1, -0.05) is 11.6 Å². The molecular weight excluding hydrogens is 188 g/mol. The zero-order chi connectivity index (χ0) is 9.30. The minimum Gasteiger partial charge on any atom is -0.394 e. The van der Waals surface area contributed by atoms with Gasteiger partial charge in [-0.15, -0.1) is 0 Å². The molecule has 0 aliphatic carbocycles. The molecule has 1 aliphatic rings. The van der Waals surface area contributed by atoms with Crippen LogP contribution in [0.4, 0.5) is 0 Å². The molecule has 1 rings (SSSR count). The summed E-state index contributed by atoms with van der Waals surface area (Å²) in [6, 6.07) is 0. The van der Waals surface area contributed by atoms with Gasteiger partial charge in [-0.3, -0.25) is 0 Å². The number of hydrogen-bond acceptors (Lipinski definition) is 5. The highest BCUT2D eigenvalue weighted by Crippen LogP contribution is 2.25. The number of rotatable bonds is 2. The van der Waals surface area contributed by atoms with Gasteiger partial charge in [0.2, 0.25) is 0 Å². The van der Waals surface area contributed by atoms with Crippen molar-refractivity contribution in [2.75, 3.05) is 6.61 Å². The third kappa shape index (κ3) is 1.71. The molecule has 0 aromatic heterocycles. The summed E-state index contributed by atoms with van der Waals surface area (Å²) in [7, 11) is 0. The first-order valence-electron chi connectivity index (χ1n) is 3.52. The van der Waals surface area contributed by atoms with Crippen LogP contribution < -0.4 is 0 Å². The summed E-state index contributed by atoms with van der Waals surface area (Å²) < 4.78 is 4.79. The van der Waals surface area contributed by atoms with Crippen LogP contribution in [0.15, 0.2) is 0 Å². The van der Waals surface area contributed by atoms with E-state index in [1.807, 2.05) is 0 Å². The number of aliphatic hydroxyl groups is 4. The Bertz CT molecular complexity index is 155. The molecule has 1 heterocycles. The van der Waals surface area contributed by atoms with E-state index in [0.717, 1.165) is 0 Å². The zero-order valence-corrected chi connectivity index (χ0v) is 6.92. The monoisotopic (exact) mass is 198 g/mol. The van der Waals surface area contributed by atoms with Gasteiger partial charge < -0.3 is 25.2 Å². The maximum atomic E-state index is 9.20. The first kappa shape index (κ1) is 10.2. The second-order valence-corrected chi connectivity index (χ2v) is 3.11. The van der Waals surface area contributed by atoms with Crippen LogP contribution in [0, 0.1) is 0 Å². The molecule has 1 saturated heterocycles. The summed E-state index contributed by atoms with van der Waals surface area (Å²) in [5.41, 5.74) is -1.04. The Labute approximate surface area is 74.2 Å². The first-order valence-corrected chi connectivity index (χ1v) is 3.96. The van der Waals surface area contributed by atoms with E-state index in [0.29, 0.717) is 0 Å². The number of alkyl halides is 1. The van der Waals surface area contributed by atoms with Crippen molar-refractivity contribution in [1.82, 2.24) is 0 Å². The van der Waals surface area contributed by atoms with Crippen LogP contribution in [-0.4, -0.2) is 57.0 Å². The van der Waals surface area contributed by atoms with Crippen molar-refractivity contribution in [3.05, 3.63) is 0 Å².